The van der Waals surface area contributed by atoms with Crippen LogP contribution in [0.4, 0.5) is 26.1 Å². The first-order valence-corrected chi connectivity index (χ1v) is 20.4. The van der Waals surface area contributed by atoms with Crippen LogP contribution in [0.1, 0.15) is 64.2 Å². The SMILES string of the molecule is O=C1CC[C@H](Nc2ccc(N3CCN(C4CCC(NC(=O)[C@H]5CC[C@H](Nc6ncc(F)c(-c7cccc(-n8ccccc8=O)c7)n6)CC5)CC4)CC3)c(F)c2)C(=O)N1. The minimum Gasteiger partial charge on any atom is -0.374 e. The molecule has 13 nitrogen and oxygen atoms in total. The summed E-state index contributed by atoms with van der Waals surface area (Å²) in [6.07, 6.45) is 10.4. The number of imide groups is 1. The van der Waals surface area contributed by atoms with Gasteiger partial charge in [-0.15, -0.1) is 0 Å². The number of nitrogens with one attached hydrogen (secondary N) is 4. The molecule has 4 N–H and O–H groups in total. The molecule has 4 heterocycles. The molecule has 4 aliphatic rings. The maximum Gasteiger partial charge on any atom is 0.255 e. The fraction of sp³-hybridized carbons (Fsp3) is 0.442. The van der Waals surface area contributed by atoms with Crippen LogP contribution < -0.4 is 31.7 Å². The lowest BCUT2D eigenvalue weighted by atomic mass is 9.84. The third kappa shape index (κ3) is 9.04. The first-order chi connectivity index (χ1) is 28.2. The predicted octanol–water partition coefficient (Wildman–Crippen LogP) is 5.01. The van der Waals surface area contributed by atoms with Gasteiger partial charge < -0.3 is 20.9 Å². The van der Waals surface area contributed by atoms with Gasteiger partial charge >= 0.3 is 0 Å². The van der Waals surface area contributed by atoms with Crippen LogP contribution in [0.5, 0.6) is 0 Å². The van der Waals surface area contributed by atoms with Crippen molar-refractivity contribution < 1.29 is 23.2 Å². The Bertz CT molecular complexity index is 2190. The van der Waals surface area contributed by atoms with Gasteiger partial charge in [-0.1, -0.05) is 18.2 Å². The number of rotatable bonds is 10. The summed E-state index contributed by atoms with van der Waals surface area (Å²) < 4.78 is 31.7. The van der Waals surface area contributed by atoms with E-state index < -0.39 is 11.9 Å². The Hall–Kier alpha value is -5.70. The fourth-order valence-corrected chi connectivity index (χ4v) is 8.88. The molecule has 2 aliphatic carbocycles. The number of aromatic nitrogens is 3. The molecule has 8 rings (SSSR count). The van der Waals surface area contributed by atoms with Crippen molar-refractivity contribution in [2.45, 2.75) is 88.4 Å². The van der Waals surface area contributed by atoms with Crippen molar-refractivity contribution in [3.63, 3.8) is 0 Å². The highest BCUT2D eigenvalue weighted by atomic mass is 19.1. The molecule has 304 valence electrons. The predicted molar refractivity (Wildman–Crippen MR) is 217 cm³/mol. The highest BCUT2D eigenvalue weighted by Gasteiger charge is 2.33. The van der Waals surface area contributed by atoms with Gasteiger partial charge in [-0.25, -0.2) is 18.7 Å². The van der Waals surface area contributed by atoms with E-state index in [0.29, 0.717) is 54.1 Å². The van der Waals surface area contributed by atoms with Crippen molar-refractivity contribution in [1.82, 2.24) is 30.1 Å². The summed E-state index contributed by atoms with van der Waals surface area (Å²) in [6.45, 7) is 3.10. The van der Waals surface area contributed by atoms with Crippen LogP contribution in [-0.2, 0) is 14.4 Å². The number of carbonyl (C=O) groups is 3. The van der Waals surface area contributed by atoms with Crippen molar-refractivity contribution >= 4 is 35.0 Å². The molecule has 4 aromatic rings. The number of carbonyl (C=O) groups excluding carboxylic acids is 3. The maximum atomic E-state index is 15.2. The molecule has 0 spiro atoms. The van der Waals surface area contributed by atoms with E-state index >= 15 is 4.39 Å². The van der Waals surface area contributed by atoms with Crippen LogP contribution in [0.15, 0.2) is 77.9 Å². The third-order valence-corrected chi connectivity index (χ3v) is 12.1. The second-order valence-corrected chi connectivity index (χ2v) is 15.9. The standard InChI is InChI=1S/C43H49F2N9O4/c44-34-25-31(47-36-16-18-38(55)50-42(36)58)13-17-37(34)53-22-20-52(21-23-53)32-14-11-29(12-15-32)48-41(57)27-7-9-30(10-8-27)49-43-46-26-35(45)40(51-43)28-4-3-5-33(24-28)54-19-2-1-6-39(54)56/h1-6,13,17,19,24-27,29-30,32,36,47H,7-12,14-16,18,20-23H2,(H,48,57)(H,46,49,51)(H,50,55,58)/t27-,29?,30-,32?,36-/m0/s1. The first kappa shape index (κ1) is 39.1. The van der Waals surface area contributed by atoms with Gasteiger partial charge in [0.2, 0.25) is 23.7 Å². The number of piperazine rings is 1. The largest absolute Gasteiger partial charge is 0.374 e. The topological polar surface area (TPSA) is 154 Å². The van der Waals surface area contributed by atoms with E-state index in [1.807, 2.05) is 0 Å². The van der Waals surface area contributed by atoms with Crippen molar-refractivity contribution in [3.05, 3.63) is 95.0 Å². The molecule has 2 aliphatic heterocycles. The molecular formula is C43H49F2N9O4. The zero-order valence-corrected chi connectivity index (χ0v) is 32.3. The van der Waals surface area contributed by atoms with Crippen LogP contribution in [0.3, 0.4) is 0 Å². The number of benzene rings is 2. The normalized spacial score (nSPS) is 24.2. The number of amides is 3. The van der Waals surface area contributed by atoms with E-state index in [1.54, 1.807) is 54.7 Å². The number of hydrogen-bond acceptors (Lipinski definition) is 10. The molecule has 2 saturated carbocycles. The summed E-state index contributed by atoms with van der Waals surface area (Å²) in [5, 5.41) is 12.1. The Kier molecular flexibility index (Phi) is 11.8. The molecular weight excluding hydrogens is 745 g/mol. The molecule has 2 aromatic heterocycles. The summed E-state index contributed by atoms with van der Waals surface area (Å²) >= 11 is 0. The fourth-order valence-electron chi connectivity index (χ4n) is 8.88. The Morgan fingerprint density at radius 2 is 1.55 bits per heavy atom. The lowest BCUT2D eigenvalue weighted by Gasteiger charge is -2.43. The molecule has 0 unspecified atom stereocenters. The van der Waals surface area contributed by atoms with Gasteiger partial charge in [0, 0.05) is 85.8 Å². The second kappa shape index (κ2) is 17.4. The van der Waals surface area contributed by atoms with Crippen molar-refractivity contribution in [3.8, 4) is 16.9 Å². The van der Waals surface area contributed by atoms with Crippen LogP contribution in [0, 0.1) is 17.6 Å². The zero-order chi connectivity index (χ0) is 40.2. The molecule has 0 radical (unpaired) electrons. The number of pyridine rings is 1. The Morgan fingerprint density at radius 3 is 2.29 bits per heavy atom. The summed E-state index contributed by atoms with van der Waals surface area (Å²) in [5.74, 6) is -1.18. The van der Waals surface area contributed by atoms with E-state index in [-0.39, 0.29) is 59.2 Å². The minimum atomic E-state index is -0.562. The maximum absolute atomic E-state index is 15.2. The number of halogens is 2. The van der Waals surface area contributed by atoms with E-state index in [4.69, 9.17) is 0 Å². The lowest BCUT2D eigenvalue weighted by molar-refractivity contribution is -0.133. The van der Waals surface area contributed by atoms with E-state index in [0.717, 1.165) is 70.7 Å². The van der Waals surface area contributed by atoms with E-state index in [2.05, 4.69) is 41.0 Å². The quantitative estimate of drug-likeness (QED) is 0.161. The molecule has 1 atom stereocenters. The first-order valence-electron chi connectivity index (χ1n) is 20.4. The van der Waals surface area contributed by atoms with Crippen LogP contribution in [0.25, 0.3) is 16.9 Å². The van der Waals surface area contributed by atoms with E-state index in [1.165, 1.54) is 16.7 Å². The van der Waals surface area contributed by atoms with Crippen LogP contribution in [0.2, 0.25) is 0 Å². The van der Waals surface area contributed by atoms with E-state index in [9.17, 15) is 23.6 Å². The van der Waals surface area contributed by atoms with Gasteiger partial charge in [-0.05, 0) is 94.2 Å². The summed E-state index contributed by atoms with van der Waals surface area (Å²) in [4.78, 5) is 62.5. The summed E-state index contributed by atoms with van der Waals surface area (Å²) in [5.41, 5.74) is 2.16. The number of hydrogen-bond donors (Lipinski definition) is 4. The summed E-state index contributed by atoms with van der Waals surface area (Å²) in [7, 11) is 0. The Morgan fingerprint density at radius 1 is 0.776 bits per heavy atom. The average molecular weight is 794 g/mol. The summed E-state index contributed by atoms with van der Waals surface area (Å²) in [6, 6.07) is 17.0. The van der Waals surface area contributed by atoms with Gasteiger partial charge in [-0.3, -0.25) is 34.0 Å². The lowest BCUT2D eigenvalue weighted by Crippen LogP contribution is -2.52. The third-order valence-electron chi connectivity index (χ3n) is 12.1. The van der Waals surface area contributed by atoms with Gasteiger partial charge in [-0.2, -0.15) is 0 Å². The zero-order valence-electron chi connectivity index (χ0n) is 32.3. The number of anilines is 3. The van der Waals surface area contributed by atoms with Crippen molar-refractivity contribution in [1.29, 1.82) is 0 Å². The van der Waals surface area contributed by atoms with Crippen molar-refractivity contribution in [2.75, 3.05) is 41.7 Å². The molecule has 0 bridgehead atoms. The monoisotopic (exact) mass is 793 g/mol. The van der Waals surface area contributed by atoms with Gasteiger partial charge in [0.1, 0.15) is 17.6 Å². The van der Waals surface area contributed by atoms with Crippen LogP contribution >= 0.6 is 0 Å². The van der Waals surface area contributed by atoms with Crippen LogP contribution in [-0.4, -0.2) is 87.5 Å². The number of piperidine rings is 1. The number of nitrogens with zero attached hydrogens (tertiary/aromatic N) is 5. The highest BCUT2D eigenvalue weighted by molar-refractivity contribution is 6.01. The molecule has 4 fully saturated rings. The second-order valence-electron chi connectivity index (χ2n) is 15.9. The van der Waals surface area contributed by atoms with Crippen molar-refractivity contribution in [2.24, 2.45) is 5.92 Å². The molecule has 2 aromatic carbocycles. The molecule has 2 saturated heterocycles. The average Bonchev–Trinajstić information content (AvgIpc) is 3.23. The molecule has 58 heavy (non-hydrogen) atoms. The highest BCUT2D eigenvalue weighted by Crippen LogP contribution is 2.31. The smallest absolute Gasteiger partial charge is 0.255 e. The Balaban J connectivity index is 0.760. The van der Waals surface area contributed by atoms with Gasteiger partial charge in [0.05, 0.1) is 11.9 Å². The minimum absolute atomic E-state index is 0.0552. The Labute approximate surface area is 335 Å². The molecule has 3 amide bonds. The van der Waals surface area contributed by atoms with Gasteiger partial charge in [0.25, 0.3) is 5.56 Å². The molecule has 15 heteroatoms. The van der Waals surface area contributed by atoms with Gasteiger partial charge in [0.15, 0.2) is 5.82 Å².